The van der Waals surface area contributed by atoms with Crippen LogP contribution in [-0.2, 0) is 0 Å². The van der Waals surface area contributed by atoms with Crippen LogP contribution in [0.3, 0.4) is 0 Å². The Hall–Kier alpha value is -1.22. The van der Waals surface area contributed by atoms with E-state index in [0.717, 1.165) is 18.6 Å². The van der Waals surface area contributed by atoms with E-state index in [1.54, 1.807) is 7.11 Å². The fourth-order valence-electron chi connectivity index (χ4n) is 3.38. The summed E-state index contributed by atoms with van der Waals surface area (Å²) in [5.41, 5.74) is 1.19. The van der Waals surface area contributed by atoms with Crippen molar-refractivity contribution in [3.63, 3.8) is 0 Å². The normalized spacial score (nSPS) is 31.6. The molecule has 2 aliphatic heterocycles. The van der Waals surface area contributed by atoms with Crippen molar-refractivity contribution in [3.8, 4) is 5.75 Å². The molecule has 1 N–H and O–H groups in total. The Morgan fingerprint density at radius 3 is 2.47 bits per heavy atom. The third-order valence-electron chi connectivity index (χ3n) is 4.07. The van der Waals surface area contributed by atoms with Gasteiger partial charge in [0.05, 0.1) is 18.9 Å². The third-order valence-corrected chi connectivity index (χ3v) is 4.07. The lowest BCUT2D eigenvalue weighted by molar-refractivity contribution is 0.126. The molecule has 3 nitrogen and oxygen atoms in total. The van der Waals surface area contributed by atoms with Crippen molar-refractivity contribution in [2.45, 2.75) is 43.9 Å². The average Bonchev–Trinajstić information content (AvgIpc) is 2.61. The highest BCUT2D eigenvalue weighted by Gasteiger charge is 2.40. The van der Waals surface area contributed by atoms with Gasteiger partial charge in [-0.05, 0) is 37.8 Å². The van der Waals surface area contributed by atoms with Gasteiger partial charge in [0.1, 0.15) is 5.75 Å². The van der Waals surface area contributed by atoms with Crippen LogP contribution in [0.1, 0.15) is 25.7 Å². The quantitative estimate of drug-likeness (QED) is 0.850. The number of rotatable bonds is 2. The molecule has 17 heavy (non-hydrogen) atoms. The zero-order valence-corrected chi connectivity index (χ0v) is 10.2. The van der Waals surface area contributed by atoms with Crippen LogP contribution in [0.2, 0.25) is 0 Å². The number of fused-ring (bicyclic) bond motifs is 2. The number of piperidine rings is 1. The molecule has 2 aliphatic rings. The predicted octanol–water partition coefficient (Wildman–Crippen LogP) is 2.19. The molecule has 1 aromatic carbocycles. The van der Waals surface area contributed by atoms with Crippen LogP contribution in [0.15, 0.2) is 24.3 Å². The summed E-state index contributed by atoms with van der Waals surface area (Å²) in [6, 6.07) is 9.17. The maximum atomic E-state index is 9.82. The van der Waals surface area contributed by atoms with Gasteiger partial charge in [-0.2, -0.15) is 0 Å². The van der Waals surface area contributed by atoms with Crippen LogP contribution in [0, 0.1) is 0 Å². The van der Waals surface area contributed by atoms with Crippen molar-refractivity contribution in [1.82, 2.24) is 0 Å². The van der Waals surface area contributed by atoms with E-state index in [1.165, 1.54) is 18.5 Å². The summed E-state index contributed by atoms with van der Waals surface area (Å²) in [5, 5.41) is 9.82. The van der Waals surface area contributed by atoms with Crippen LogP contribution in [0.25, 0.3) is 0 Å². The Balaban J connectivity index is 1.94. The molecule has 92 valence electrons. The first-order valence-electron chi connectivity index (χ1n) is 6.39. The minimum Gasteiger partial charge on any atom is -0.495 e. The van der Waals surface area contributed by atoms with Crippen LogP contribution in [-0.4, -0.2) is 30.4 Å². The molecule has 0 amide bonds. The van der Waals surface area contributed by atoms with E-state index >= 15 is 0 Å². The van der Waals surface area contributed by atoms with Gasteiger partial charge < -0.3 is 14.7 Å². The SMILES string of the molecule is COc1ccccc1N1C2CCC1CC(O)C2. The molecule has 3 rings (SSSR count). The third kappa shape index (κ3) is 1.78. The highest BCUT2D eigenvalue weighted by Crippen LogP contribution is 2.42. The molecule has 2 atom stereocenters. The van der Waals surface area contributed by atoms with E-state index in [-0.39, 0.29) is 6.10 Å². The number of nitrogens with zero attached hydrogens (tertiary/aromatic N) is 1. The second-order valence-electron chi connectivity index (χ2n) is 5.09. The first kappa shape index (κ1) is 10.9. The molecule has 3 heteroatoms. The highest BCUT2D eigenvalue weighted by atomic mass is 16.5. The Labute approximate surface area is 102 Å². The molecule has 2 heterocycles. The summed E-state index contributed by atoms with van der Waals surface area (Å²) in [5.74, 6) is 0.945. The molecule has 0 saturated carbocycles. The second-order valence-corrected chi connectivity index (χ2v) is 5.09. The van der Waals surface area contributed by atoms with E-state index in [0.29, 0.717) is 12.1 Å². The Morgan fingerprint density at radius 2 is 1.82 bits per heavy atom. The van der Waals surface area contributed by atoms with Crippen molar-refractivity contribution < 1.29 is 9.84 Å². The van der Waals surface area contributed by atoms with E-state index in [4.69, 9.17) is 4.74 Å². The van der Waals surface area contributed by atoms with Gasteiger partial charge in [-0.3, -0.25) is 0 Å². The van der Waals surface area contributed by atoms with Gasteiger partial charge in [-0.1, -0.05) is 12.1 Å². The predicted molar refractivity (Wildman–Crippen MR) is 67.5 cm³/mol. The molecular formula is C14H19NO2. The largest absolute Gasteiger partial charge is 0.495 e. The number of aliphatic hydroxyl groups excluding tert-OH is 1. The number of methoxy groups -OCH3 is 1. The van der Waals surface area contributed by atoms with Crippen LogP contribution >= 0.6 is 0 Å². The summed E-state index contributed by atoms with van der Waals surface area (Å²) >= 11 is 0. The van der Waals surface area contributed by atoms with Crippen molar-refractivity contribution in [3.05, 3.63) is 24.3 Å². The van der Waals surface area contributed by atoms with Gasteiger partial charge in [0, 0.05) is 12.1 Å². The topological polar surface area (TPSA) is 32.7 Å². The first-order chi connectivity index (χ1) is 8.29. The maximum absolute atomic E-state index is 9.82. The molecule has 2 bridgehead atoms. The first-order valence-corrected chi connectivity index (χ1v) is 6.39. The minimum absolute atomic E-state index is 0.113. The average molecular weight is 233 g/mol. The Morgan fingerprint density at radius 1 is 1.18 bits per heavy atom. The van der Waals surface area contributed by atoms with E-state index < -0.39 is 0 Å². The van der Waals surface area contributed by atoms with Crippen molar-refractivity contribution in [2.24, 2.45) is 0 Å². The minimum atomic E-state index is -0.113. The van der Waals surface area contributed by atoms with E-state index in [1.807, 2.05) is 12.1 Å². The number of anilines is 1. The molecule has 2 fully saturated rings. The molecule has 2 saturated heterocycles. The highest BCUT2D eigenvalue weighted by molar-refractivity contribution is 5.61. The van der Waals surface area contributed by atoms with Crippen LogP contribution < -0.4 is 9.64 Å². The number of hydrogen-bond acceptors (Lipinski definition) is 3. The van der Waals surface area contributed by atoms with Crippen molar-refractivity contribution >= 4 is 5.69 Å². The summed E-state index contributed by atoms with van der Waals surface area (Å²) < 4.78 is 5.45. The van der Waals surface area contributed by atoms with Crippen molar-refractivity contribution in [2.75, 3.05) is 12.0 Å². The lowest BCUT2D eigenvalue weighted by Crippen LogP contribution is -2.44. The van der Waals surface area contributed by atoms with E-state index in [9.17, 15) is 5.11 Å². The lowest BCUT2D eigenvalue weighted by atomic mass is 9.99. The fourth-order valence-corrected chi connectivity index (χ4v) is 3.38. The second kappa shape index (κ2) is 4.22. The van der Waals surface area contributed by atoms with Crippen molar-refractivity contribution in [1.29, 1.82) is 0 Å². The number of para-hydroxylation sites is 2. The molecule has 0 aromatic heterocycles. The molecule has 0 radical (unpaired) electrons. The van der Waals surface area contributed by atoms with Crippen LogP contribution in [0.5, 0.6) is 5.75 Å². The molecule has 2 unspecified atom stereocenters. The van der Waals surface area contributed by atoms with Gasteiger partial charge in [-0.15, -0.1) is 0 Å². The molecular weight excluding hydrogens is 214 g/mol. The summed E-state index contributed by atoms with van der Waals surface area (Å²) in [7, 11) is 1.72. The lowest BCUT2D eigenvalue weighted by Gasteiger charge is -2.39. The monoisotopic (exact) mass is 233 g/mol. The summed E-state index contributed by atoms with van der Waals surface area (Å²) in [6.07, 6.45) is 4.07. The molecule has 1 aromatic rings. The molecule has 0 aliphatic carbocycles. The fraction of sp³-hybridized carbons (Fsp3) is 0.571. The number of aliphatic hydroxyl groups is 1. The zero-order valence-electron chi connectivity index (χ0n) is 10.2. The number of hydrogen-bond donors (Lipinski definition) is 1. The van der Waals surface area contributed by atoms with Gasteiger partial charge in [0.2, 0.25) is 0 Å². The van der Waals surface area contributed by atoms with Gasteiger partial charge >= 0.3 is 0 Å². The smallest absolute Gasteiger partial charge is 0.142 e. The van der Waals surface area contributed by atoms with E-state index in [2.05, 4.69) is 17.0 Å². The summed E-state index contributed by atoms with van der Waals surface area (Å²) in [6.45, 7) is 0. The van der Waals surface area contributed by atoms with Gasteiger partial charge in [0.25, 0.3) is 0 Å². The van der Waals surface area contributed by atoms with Gasteiger partial charge in [0.15, 0.2) is 0 Å². The maximum Gasteiger partial charge on any atom is 0.142 e. The number of ether oxygens (including phenoxy) is 1. The summed E-state index contributed by atoms with van der Waals surface area (Å²) in [4.78, 5) is 2.46. The Kier molecular flexibility index (Phi) is 2.71. The Bertz CT molecular complexity index is 393. The van der Waals surface area contributed by atoms with Gasteiger partial charge in [-0.25, -0.2) is 0 Å². The zero-order chi connectivity index (χ0) is 11.8. The molecule has 0 spiro atoms. The number of benzene rings is 1. The van der Waals surface area contributed by atoms with Crippen LogP contribution in [0.4, 0.5) is 5.69 Å². The standard InChI is InChI=1S/C14H19NO2/c1-17-14-5-3-2-4-13(14)15-10-6-7-11(15)9-12(16)8-10/h2-5,10-12,16H,6-9H2,1H3.